The third kappa shape index (κ3) is 3.92. The van der Waals surface area contributed by atoms with Crippen LogP contribution in [0.3, 0.4) is 0 Å². The lowest BCUT2D eigenvalue weighted by molar-refractivity contribution is -0.106. The van der Waals surface area contributed by atoms with E-state index in [2.05, 4.69) is 45.9 Å². The number of ether oxygens (including phenoxy) is 3. The maximum atomic E-state index is 13.4. The smallest absolute Gasteiger partial charge is 0.345 e. The highest BCUT2D eigenvalue weighted by Gasteiger charge is 2.43. The molecule has 4 nitrogen and oxygen atoms in total. The van der Waals surface area contributed by atoms with Gasteiger partial charge < -0.3 is 14.2 Å². The number of hydrogen-bond donors (Lipinski definition) is 0. The zero-order valence-corrected chi connectivity index (χ0v) is 20.3. The number of esters is 1. The minimum Gasteiger partial charge on any atom is -0.482 e. The minimum atomic E-state index is -1.16. The van der Waals surface area contributed by atoms with Gasteiger partial charge in [0.25, 0.3) is 5.79 Å². The highest BCUT2D eigenvalue weighted by molar-refractivity contribution is 6.00. The van der Waals surface area contributed by atoms with Crippen molar-refractivity contribution in [3.63, 3.8) is 0 Å². The molecule has 2 aliphatic heterocycles. The van der Waals surface area contributed by atoms with Gasteiger partial charge in [-0.2, -0.15) is 0 Å². The zero-order valence-electron chi connectivity index (χ0n) is 20.3. The number of carbonyl (C=O) groups is 1. The second kappa shape index (κ2) is 7.99. The van der Waals surface area contributed by atoms with E-state index in [0.717, 1.165) is 64.8 Å². The SMILES string of the molecule is CCCCCc1cc2c(c3c1C(=O)OC(C)(C=C(C)C)O3)-c1cc(C)ccc1C(C)(C)O2. The lowest BCUT2D eigenvalue weighted by Gasteiger charge is -2.40. The molecule has 4 rings (SSSR count). The third-order valence-electron chi connectivity index (χ3n) is 6.19. The first-order valence-corrected chi connectivity index (χ1v) is 11.6. The van der Waals surface area contributed by atoms with Crippen LogP contribution in [0.15, 0.2) is 35.9 Å². The van der Waals surface area contributed by atoms with Gasteiger partial charge in [-0.05, 0) is 70.7 Å². The largest absolute Gasteiger partial charge is 0.482 e. The van der Waals surface area contributed by atoms with E-state index in [1.165, 1.54) is 0 Å². The van der Waals surface area contributed by atoms with Gasteiger partial charge in [-0.15, -0.1) is 0 Å². The van der Waals surface area contributed by atoms with Gasteiger partial charge in [-0.3, -0.25) is 0 Å². The van der Waals surface area contributed by atoms with Crippen molar-refractivity contribution in [2.24, 2.45) is 0 Å². The summed E-state index contributed by atoms with van der Waals surface area (Å²) in [6, 6.07) is 8.41. The summed E-state index contributed by atoms with van der Waals surface area (Å²) in [5.74, 6) is -0.143. The Morgan fingerprint density at radius 2 is 1.75 bits per heavy atom. The van der Waals surface area contributed by atoms with Gasteiger partial charge in [-0.1, -0.05) is 49.1 Å². The van der Waals surface area contributed by atoms with Gasteiger partial charge in [0.15, 0.2) is 5.75 Å². The Balaban J connectivity index is 1.99. The molecular weight excluding hydrogens is 400 g/mol. The van der Waals surface area contributed by atoms with Crippen molar-refractivity contribution < 1.29 is 19.0 Å². The molecule has 2 aromatic rings. The molecule has 0 aliphatic carbocycles. The molecule has 4 heteroatoms. The molecule has 0 radical (unpaired) electrons. The molecule has 170 valence electrons. The number of cyclic esters (lactones) is 1. The topological polar surface area (TPSA) is 44.8 Å². The van der Waals surface area contributed by atoms with Crippen molar-refractivity contribution in [2.75, 3.05) is 0 Å². The number of aryl methyl sites for hydroxylation is 2. The van der Waals surface area contributed by atoms with E-state index in [4.69, 9.17) is 14.2 Å². The Morgan fingerprint density at radius 3 is 2.44 bits per heavy atom. The molecule has 0 fully saturated rings. The van der Waals surface area contributed by atoms with E-state index >= 15 is 0 Å². The Kier molecular flexibility index (Phi) is 5.60. The number of benzene rings is 2. The van der Waals surface area contributed by atoms with E-state index < -0.39 is 11.4 Å². The summed E-state index contributed by atoms with van der Waals surface area (Å²) < 4.78 is 18.9. The van der Waals surface area contributed by atoms with Gasteiger partial charge in [0.05, 0.1) is 5.56 Å². The molecule has 0 bridgehead atoms. The van der Waals surface area contributed by atoms with Gasteiger partial charge >= 0.3 is 5.97 Å². The molecule has 0 saturated carbocycles. The van der Waals surface area contributed by atoms with Crippen LogP contribution in [0.25, 0.3) is 11.1 Å². The van der Waals surface area contributed by atoms with E-state index in [1.54, 1.807) is 6.92 Å². The first-order chi connectivity index (χ1) is 15.0. The number of allylic oxidation sites excluding steroid dienone is 1. The van der Waals surface area contributed by atoms with Gasteiger partial charge in [-0.25, -0.2) is 4.79 Å². The summed E-state index contributed by atoms with van der Waals surface area (Å²) in [5.41, 5.74) is 6.15. The Morgan fingerprint density at radius 1 is 1.00 bits per heavy atom. The molecule has 0 saturated heterocycles. The maximum absolute atomic E-state index is 13.4. The highest BCUT2D eigenvalue weighted by Crippen LogP contribution is 2.53. The van der Waals surface area contributed by atoms with Crippen molar-refractivity contribution in [2.45, 2.75) is 85.5 Å². The second-order valence-corrected chi connectivity index (χ2v) is 9.96. The van der Waals surface area contributed by atoms with Crippen LogP contribution in [0.4, 0.5) is 0 Å². The molecule has 0 amide bonds. The molecule has 0 spiro atoms. The summed E-state index contributed by atoms with van der Waals surface area (Å²) in [5, 5.41) is 0. The van der Waals surface area contributed by atoms with Crippen molar-refractivity contribution in [1.82, 2.24) is 0 Å². The monoisotopic (exact) mass is 434 g/mol. The summed E-state index contributed by atoms with van der Waals surface area (Å²) >= 11 is 0. The summed E-state index contributed by atoms with van der Waals surface area (Å²) in [7, 11) is 0. The van der Waals surface area contributed by atoms with Gasteiger partial charge in [0.1, 0.15) is 16.9 Å². The number of unbranched alkanes of at least 4 members (excludes halogenated alkanes) is 2. The summed E-state index contributed by atoms with van der Waals surface area (Å²) in [6.45, 7) is 14.2. The van der Waals surface area contributed by atoms with Crippen LogP contribution in [0.2, 0.25) is 0 Å². The van der Waals surface area contributed by atoms with Crippen LogP contribution in [-0.2, 0) is 16.8 Å². The number of fused-ring (bicyclic) bond motifs is 5. The lowest BCUT2D eigenvalue weighted by atomic mass is 9.82. The zero-order chi connectivity index (χ0) is 23.3. The molecule has 1 unspecified atom stereocenters. The quantitative estimate of drug-likeness (QED) is 0.282. The maximum Gasteiger partial charge on any atom is 0.345 e. The van der Waals surface area contributed by atoms with Crippen LogP contribution >= 0.6 is 0 Å². The number of rotatable bonds is 5. The highest BCUT2D eigenvalue weighted by atomic mass is 16.7. The fourth-order valence-corrected chi connectivity index (χ4v) is 4.87. The van der Waals surface area contributed by atoms with E-state index in [0.29, 0.717) is 11.3 Å². The van der Waals surface area contributed by atoms with Gasteiger partial charge in [0.2, 0.25) is 0 Å². The fourth-order valence-electron chi connectivity index (χ4n) is 4.87. The molecule has 2 aliphatic rings. The first-order valence-electron chi connectivity index (χ1n) is 11.6. The molecule has 32 heavy (non-hydrogen) atoms. The molecule has 2 heterocycles. The lowest BCUT2D eigenvalue weighted by Crippen LogP contribution is -2.41. The van der Waals surface area contributed by atoms with Crippen molar-refractivity contribution >= 4 is 5.97 Å². The summed E-state index contributed by atoms with van der Waals surface area (Å²) in [4.78, 5) is 13.4. The predicted molar refractivity (Wildman–Crippen MR) is 127 cm³/mol. The average molecular weight is 435 g/mol. The Labute approximate surface area is 191 Å². The van der Waals surface area contributed by atoms with Crippen LogP contribution < -0.4 is 9.47 Å². The van der Waals surface area contributed by atoms with Crippen LogP contribution in [0.1, 0.15) is 87.9 Å². The predicted octanol–water partition coefficient (Wildman–Crippen LogP) is 7.25. The second-order valence-electron chi connectivity index (χ2n) is 9.96. The molecule has 0 N–H and O–H groups in total. The molecule has 2 aromatic carbocycles. The molecule has 1 atom stereocenters. The van der Waals surface area contributed by atoms with E-state index in [1.807, 2.05) is 26.0 Å². The molecular formula is C28H34O4. The fraction of sp³-hybridized carbons (Fsp3) is 0.464. The summed E-state index contributed by atoms with van der Waals surface area (Å²) in [6.07, 6.45) is 5.86. The van der Waals surface area contributed by atoms with Crippen LogP contribution in [0, 0.1) is 6.92 Å². The third-order valence-corrected chi connectivity index (χ3v) is 6.19. The standard InChI is InChI=1S/C28H34O4/c1-8-9-10-11-19-15-22-24(20-14-18(4)12-13-21(20)27(5,6)30-22)25-23(19)26(29)32-28(7,31-25)16-17(2)3/h12-16H,8-11H2,1-7H3. The van der Waals surface area contributed by atoms with Crippen molar-refractivity contribution in [3.8, 4) is 22.6 Å². The van der Waals surface area contributed by atoms with Gasteiger partial charge in [0, 0.05) is 12.5 Å². The van der Waals surface area contributed by atoms with Crippen LogP contribution in [-0.4, -0.2) is 11.8 Å². The Hall–Kier alpha value is -2.75. The number of hydrogen-bond acceptors (Lipinski definition) is 4. The first kappa shape index (κ1) is 22.4. The van der Waals surface area contributed by atoms with E-state index in [9.17, 15) is 4.79 Å². The van der Waals surface area contributed by atoms with Crippen LogP contribution in [0.5, 0.6) is 11.5 Å². The van der Waals surface area contributed by atoms with Crippen molar-refractivity contribution in [3.05, 3.63) is 58.2 Å². The van der Waals surface area contributed by atoms with E-state index in [-0.39, 0.29) is 5.97 Å². The van der Waals surface area contributed by atoms with Crippen molar-refractivity contribution in [1.29, 1.82) is 0 Å². The molecule has 0 aromatic heterocycles. The normalized spacial score (nSPS) is 20.2. The Bertz CT molecular complexity index is 1100. The minimum absolute atomic E-state index is 0.334. The number of carbonyl (C=O) groups excluding carboxylic acids is 1. The average Bonchev–Trinajstić information content (AvgIpc) is 2.65.